The smallest absolute Gasteiger partial charge is 0.0323 e. The maximum atomic E-state index is 5.90. The third-order valence-corrected chi connectivity index (χ3v) is 3.02. The van der Waals surface area contributed by atoms with Crippen LogP contribution in [0, 0.1) is 0 Å². The normalized spacial score (nSPS) is 19.4. The molecule has 0 rings (SSSR count). The molecule has 0 heterocycles. The Morgan fingerprint density at radius 3 is 2.36 bits per heavy atom. The third-order valence-electron chi connectivity index (χ3n) is 1.63. The van der Waals surface area contributed by atoms with Gasteiger partial charge >= 0.3 is 0 Å². The Balaban J connectivity index is 3.54. The summed E-state index contributed by atoms with van der Waals surface area (Å²) in [5.41, 5.74) is 5.90. The lowest BCUT2D eigenvalue weighted by atomic mass is 10.1. The Morgan fingerprint density at radius 2 is 2.00 bits per heavy atom. The highest BCUT2D eigenvalue weighted by molar-refractivity contribution is 7.99. The second-order valence-electron chi connectivity index (χ2n) is 2.84. The van der Waals surface area contributed by atoms with Crippen LogP contribution < -0.4 is 5.73 Å². The van der Waals surface area contributed by atoms with Crippen molar-refractivity contribution in [1.82, 2.24) is 0 Å². The lowest BCUT2D eigenvalue weighted by Gasteiger charge is -2.19. The summed E-state index contributed by atoms with van der Waals surface area (Å²) in [6, 6.07) is 0.243. The number of hydrogen-bond acceptors (Lipinski definition) is 2. The van der Waals surface area contributed by atoms with Gasteiger partial charge in [0.25, 0.3) is 0 Å². The molecule has 2 N–H and O–H groups in total. The molecule has 0 aromatic carbocycles. The van der Waals surface area contributed by atoms with Crippen molar-refractivity contribution in [2.24, 2.45) is 5.73 Å². The van der Waals surface area contributed by atoms with E-state index < -0.39 is 0 Å². The van der Waals surface area contributed by atoms with Crippen LogP contribution in [0.2, 0.25) is 0 Å². The number of hydrogen-bond donors (Lipinski definition) is 1. The molecule has 0 aromatic heterocycles. The Hall–Kier alpha value is 0.600. The van der Waals surface area contributed by atoms with E-state index in [2.05, 4.69) is 13.8 Å². The third kappa shape index (κ3) is 5.83. The Labute approximate surface area is 79.1 Å². The fourth-order valence-electron chi connectivity index (χ4n) is 0.953. The van der Waals surface area contributed by atoms with E-state index in [-0.39, 0.29) is 11.4 Å². The predicted octanol–water partition coefficient (Wildman–Crippen LogP) is 2.47. The quantitative estimate of drug-likeness (QED) is 0.683. The van der Waals surface area contributed by atoms with Crippen LogP contribution in [0.5, 0.6) is 0 Å². The topological polar surface area (TPSA) is 26.0 Å². The SMILES string of the molecule is CCSC(C)C(N)CC(C)Cl. The van der Waals surface area contributed by atoms with E-state index in [1.165, 1.54) is 0 Å². The summed E-state index contributed by atoms with van der Waals surface area (Å²) in [6.07, 6.45) is 0.912. The highest BCUT2D eigenvalue weighted by Crippen LogP contribution is 2.16. The molecule has 0 aromatic rings. The molecule has 0 saturated carbocycles. The van der Waals surface area contributed by atoms with Crippen LogP contribution >= 0.6 is 23.4 Å². The van der Waals surface area contributed by atoms with E-state index in [1.54, 1.807) is 0 Å². The minimum atomic E-state index is 0.199. The first-order valence-electron chi connectivity index (χ1n) is 4.09. The van der Waals surface area contributed by atoms with Gasteiger partial charge in [-0.1, -0.05) is 13.8 Å². The summed E-state index contributed by atoms with van der Waals surface area (Å²) in [4.78, 5) is 0. The monoisotopic (exact) mass is 195 g/mol. The van der Waals surface area contributed by atoms with E-state index in [1.807, 2.05) is 18.7 Å². The largest absolute Gasteiger partial charge is 0.327 e. The van der Waals surface area contributed by atoms with Crippen molar-refractivity contribution in [3.05, 3.63) is 0 Å². The molecule has 0 amide bonds. The Bertz CT molecular complexity index is 98.1. The summed E-state index contributed by atoms with van der Waals surface area (Å²) in [5, 5.41) is 0.728. The minimum Gasteiger partial charge on any atom is -0.327 e. The highest BCUT2D eigenvalue weighted by Gasteiger charge is 2.13. The molecule has 1 nitrogen and oxygen atoms in total. The van der Waals surface area contributed by atoms with Gasteiger partial charge in [-0.05, 0) is 19.1 Å². The van der Waals surface area contributed by atoms with E-state index >= 15 is 0 Å². The van der Waals surface area contributed by atoms with Crippen LogP contribution in [-0.4, -0.2) is 22.4 Å². The molecule has 3 heteroatoms. The van der Waals surface area contributed by atoms with Crippen LogP contribution in [-0.2, 0) is 0 Å². The van der Waals surface area contributed by atoms with Gasteiger partial charge in [0.05, 0.1) is 0 Å². The number of halogens is 1. The summed E-state index contributed by atoms with van der Waals surface area (Å²) in [6.45, 7) is 6.31. The zero-order chi connectivity index (χ0) is 8.85. The molecular weight excluding hydrogens is 178 g/mol. The molecule has 0 fully saturated rings. The van der Waals surface area contributed by atoms with Crippen LogP contribution in [0.1, 0.15) is 27.2 Å². The van der Waals surface area contributed by atoms with Crippen molar-refractivity contribution in [2.45, 2.75) is 43.9 Å². The molecule has 0 radical (unpaired) electrons. The maximum Gasteiger partial charge on any atom is 0.0323 e. The van der Waals surface area contributed by atoms with E-state index in [0.29, 0.717) is 5.25 Å². The highest BCUT2D eigenvalue weighted by atomic mass is 35.5. The van der Waals surface area contributed by atoms with E-state index in [0.717, 1.165) is 12.2 Å². The first-order valence-corrected chi connectivity index (χ1v) is 5.57. The van der Waals surface area contributed by atoms with Gasteiger partial charge in [-0.2, -0.15) is 11.8 Å². The van der Waals surface area contributed by atoms with Crippen LogP contribution in [0.15, 0.2) is 0 Å². The number of nitrogens with two attached hydrogens (primary N) is 1. The second-order valence-corrected chi connectivity index (χ2v) is 5.24. The van der Waals surface area contributed by atoms with Crippen molar-refractivity contribution < 1.29 is 0 Å². The fourth-order valence-corrected chi connectivity index (χ4v) is 2.04. The zero-order valence-corrected chi connectivity index (χ0v) is 9.08. The lowest BCUT2D eigenvalue weighted by molar-refractivity contribution is 0.602. The second kappa shape index (κ2) is 6.15. The van der Waals surface area contributed by atoms with Crippen molar-refractivity contribution in [3.63, 3.8) is 0 Å². The molecule has 3 unspecified atom stereocenters. The molecule has 68 valence electrons. The van der Waals surface area contributed by atoms with Gasteiger partial charge in [0.2, 0.25) is 0 Å². The molecular formula is C8H18ClNS. The molecule has 0 spiro atoms. The Kier molecular flexibility index (Phi) is 6.49. The van der Waals surface area contributed by atoms with Gasteiger partial charge in [-0.3, -0.25) is 0 Å². The molecule has 0 aliphatic rings. The van der Waals surface area contributed by atoms with Crippen LogP contribution in [0.3, 0.4) is 0 Å². The van der Waals surface area contributed by atoms with Gasteiger partial charge < -0.3 is 5.73 Å². The van der Waals surface area contributed by atoms with Gasteiger partial charge in [0.1, 0.15) is 0 Å². The number of alkyl halides is 1. The van der Waals surface area contributed by atoms with Gasteiger partial charge in [-0.15, -0.1) is 11.6 Å². The fraction of sp³-hybridized carbons (Fsp3) is 1.00. The predicted molar refractivity (Wildman–Crippen MR) is 55.5 cm³/mol. The molecule has 3 atom stereocenters. The van der Waals surface area contributed by atoms with Crippen molar-refractivity contribution in [3.8, 4) is 0 Å². The zero-order valence-electron chi connectivity index (χ0n) is 7.51. The molecule has 0 bridgehead atoms. The summed E-state index contributed by atoms with van der Waals surface area (Å²) >= 11 is 7.73. The molecule has 0 saturated heterocycles. The van der Waals surface area contributed by atoms with Crippen molar-refractivity contribution in [2.75, 3.05) is 5.75 Å². The van der Waals surface area contributed by atoms with Gasteiger partial charge in [0, 0.05) is 16.7 Å². The van der Waals surface area contributed by atoms with Crippen LogP contribution in [0.4, 0.5) is 0 Å². The maximum absolute atomic E-state index is 5.90. The van der Waals surface area contributed by atoms with Crippen molar-refractivity contribution >= 4 is 23.4 Å². The van der Waals surface area contributed by atoms with E-state index in [9.17, 15) is 0 Å². The molecule has 11 heavy (non-hydrogen) atoms. The average Bonchev–Trinajstić information content (AvgIpc) is 1.86. The minimum absolute atomic E-state index is 0.199. The van der Waals surface area contributed by atoms with Crippen molar-refractivity contribution in [1.29, 1.82) is 0 Å². The lowest BCUT2D eigenvalue weighted by Crippen LogP contribution is -2.32. The molecule has 0 aliphatic heterocycles. The Morgan fingerprint density at radius 1 is 1.45 bits per heavy atom. The first kappa shape index (κ1) is 11.6. The standard InChI is InChI=1S/C8H18ClNS/c1-4-11-7(3)8(10)5-6(2)9/h6-8H,4-5,10H2,1-3H3. The van der Waals surface area contributed by atoms with Gasteiger partial charge in [-0.25, -0.2) is 0 Å². The number of thioether (sulfide) groups is 1. The summed E-state index contributed by atoms with van der Waals surface area (Å²) < 4.78 is 0. The molecule has 0 aliphatic carbocycles. The first-order chi connectivity index (χ1) is 5.07. The van der Waals surface area contributed by atoms with Crippen LogP contribution in [0.25, 0.3) is 0 Å². The summed E-state index contributed by atoms with van der Waals surface area (Å²) in [5.74, 6) is 1.13. The number of rotatable bonds is 5. The average molecular weight is 196 g/mol. The summed E-state index contributed by atoms with van der Waals surface area (Å²) in [7, 11) is 0. The van der Waals surface area contributed by atoms with E-state index in [4.69, 9.17) is 17.3 Å². The van der Waals surface area contributed by atoms with Gasteiger partial charge in [0.15, 0.2) is 0 Å².